The van der Waals surface area contributed by atoms with Gasteiger partial charge >= 0.3 is 0 Å². The van der Waals surface area contributed by atoms with Crippen molar-refractivity contribution in [2.45, 2.75) is 43.7 Å². The van der Waals surface area contributed by atoms with E-state index in [1.54, 1.807) is 0 Å². The van der Waals surface area contributed by atoms with Gasteiger partial charge in [-0.15, -0.1) is 12.4 Å². The van der Waals surface area contributed by atoms with Gasteiger partial charge in [0.05, 0.1) is 0 Å². The lowest BCUT2D eigenvalue weighted by atomic mass is 10.1. The predicted octanol–water partition coefficient (Wildman–Crippen LogP) is 3.22. The number of hydrogen-bond acceptors (Lipinski definition) is 2. The molecular formula is C17H22Cl2N2O. The van der Waals surface area contributed by atoms with Crippen LogP contribution < -0.4 is 5.32 Å². The number of hydrogen-bond donors (Lipinski definition) is 1. The van der Waals surface area contributed by atoms with Crippen molar-refractivity contribution in [2.75, 3.05) is 13.1 Å². The SMILES string of the molecule is Cl.O=C(C1CC1c1cccc(Cl)c1)N1CCC2CCC(C1)N2. The number of halogens is 2. The lowest BCUT2D eigenvalue weighted by Gasteiger charge is -2.24. The molecule has 5 heteroatoms. The maximum atomic E-state index is 12.7. The number of amides is 1. The highest BCUT2D eigenvalue weighted by molar-refractivity contribution is 6.30. The van der Waals surface area contributed by atoms with Crippen LogP contribution in [0.15, 0.2) is 24.3 Å². The number of nitrogens with zero attached hydrogens (tertiary/aromatic N) is 1. The van der Waals surface area contributed by atoms with Crippen molar-refractivity contribution in [1.29, 1.82) is 0 Å². The molecule has 22 heavy (non-hydrogen) atoms. The Morgan fingerprint density at radius 3 is 2.86 bits per heavy atom. The first-order valence-electron chi connectivity index (χ1n) is 8.01. The second-order valence-corrected chi connectivity index (χ2v) is 7.15. The summed E-state index contributed by atoms with van der Waals surface area (Å²) in [5.41, 5.74) is 1.22. The standard InChI is InChI=1S/C17H21ClN2O.ClH/c18-12-3-1-2-11(8-12)15-9-16(15)17(21)20-7-6-13-4-5-14(10-20)19-13;/h1-3,8,13-16,19H,4-7,9-10H2;1H. The number of benzene rings is 1. The van der Waals surface area contributed by atoms with Gasteiger partial charge in [-0.05, 0) is 49.3 Å². The van der Waals surface area contributed by atoms with Crippen LogP contribution in [0.2, 0.25) is 5.02 Å². The number of carbonyl (C=O) groups excluding carboxylic acids is 1. The molecule has 0 radical (unpaired) electrons. The maximum Gasteiger partial charge on any atom is 0.226 e. The summed E-state index contributed by atoms with van der Waals surface area (Å²) >= 11 is 6.05. The molecule has 1 saturated carbocycles. The quantitative estimate of drug-likeness (QED) is 0.896. The Balaban J connectivity index is 0.00000144. The van der Waals surface area contributed by atoms with Gasteiger partial charge in [0.25, 0.3) is 0 Å². The highest BCUT2D eigenvalue weighted by atomic mass is 35.5. The summed E-state index contributed by atoms with van der Waals surface area (Å²) in [6.07, 6.45) is 4.59. The van der Waals surface area contributed by atoms with E-state index in [1.165, 1.54) is 18.4 Å². The minimum atomic E-state index is 0. The second-order valence-electron chi connectivity index (χ2n) is 6.71. The Kier molecular flexibility index (Phi) is 4.67. The van der Waals surface area contributed by atoms with E-state index in [-0.39, 0.29) is 18.3 Å². The molecule has 4 atom stereocenters. The van der Waals surface area contributed by atoms with Gasteiger partial charge in [0.1, 0.15) is 0 Å². The van der Waals surface area contributed by atoms with Crippen LogP contribution in [0.1, 0.15) is 37.2 Å². The van der Waals surface area contributed by atoms with Crippen LogP contribution in [-0.2, 0) is 4.79 Å². The number of rotatable bonds is 2. The van der Waals surface area contributed by atoms with Gasteiger partial charge in [-0.25, -0.2) is 0 Å². The molecule has 2 aliphatic heterocycles. The van der Waals surface area contributed by atoms with E-state index >= 15 is 0 Å². The molecule has 4 unspecified atom stereocenters. The summed E-state index contributed by atoms with van der Waals surface area (Å²) in [6.45, 7) is 1.82. The molecule has 1 amide bonds. The van der Waals surface area contributed by atoms with E-state index in [2.05, 4.69) is 16.3 Å². The van der Waals surface area contributed by atoms with Crippen molar-refractivity contribution >= 4 is 29.9 Å². The molecule has 3 fully saturated rings. The Morgan fingerprint density at radius 2 is 2.05 bits per heavy atom. The van der Waals surface area contributed by atoms with Gasteiger partial charge in [-0.1, -0.05) is 23.7 Å². The van der Waals surface area contributed by atoms with Gasteiger partial charge in [0.2, 0.25) is 5.91 Å². The molecule has 0 aromatic heterocycles. The summed E-state index contributed by atoms with van der Waals surface area (Å²) in [4.78, 5) is 14.8. The predicted molar refractivity (Wildman–Crippen MR) is 90.7 cm³/mol. The van der Waals surface area contributed by atoms with E-state index in [0.717, 1.165) is 31.0 Å². The van der Waals surface area contributed by atoms with E-state index < -0.39 is 0 Å². The van der Waals surface area contributed by atoms with Crippen LogP contribution in [0.5, 0.6) is 0 Å². The zero-order valence-electron chi connectivity index (χ0n) is 12.5. The lowest BCUT2D eigenvalue weighted by Crippen LogP contribution is -2.40. The van der Waals surface area contributed by atoms with Crippen LogP contribution in [0.4, 0.5) is 0 Å². The summed E-state index contributed by atoms with van der Waals surface area (Å²) in [7, 11) is 0. The second kappa shape index (κ2) is 6.38. The number of fused-ring (bicyclic) bond motifs is 2. The van der Waals surface area contributed by atoms with Crippen LogP contribution in [0, 0.1) is 5.92 Å². The Hall–Kier alpha value is -0.770. The number of carbonyl (C=O) groups is 1. The largest absolute Gasteiger partial charge is 0.341 e. The van der Waals surface area contributed by atoms with Crippen molar-refractivity contribution in [3.8, 4) is 0 Å². The van der Waals surface area contributed by atoms with Gasteiger partial charge < -0.3 is 10.2 Å². The Bertz CT molecular complexity index is 565. The molecule has 3 aliphatic rings. The smallest absolute Gasteiger partial charge is 0.226 e. The molecule has 4 rings (SSSR count). The van der Waals surface area contributed by atoms with Crippen LogP contribution >= 0.6 is 24.0 Å². The summed E-state index contributed by atoms with van der Waals surface area (Å²) < 4.78 is 0. The first-order chi connectivity index (χ1) is 10.2. The van der Waals surface area contributed by atoms with Crippen molar-refractivity contribution in [1.82, 2.24) is 10.2 Å². The number of likely N-dealkylation sites (tertiary alicyclic amines) is 1. The van der Waals surface area contributed by atoms with Crippen molar-refractivity contribution < 1.29 is 4.79 Å². The minimum absolute atomic E-state index is 0. The molecule has 2 saturated heterocycles. The van der Waals surface area contributed by atoms with E-state index in [0.29, 0.717) is 23.9 Å². The third-order valence-corrected chi connectivity index (χ3v) is 5.45. The highest BCUT2D eigenvalue weighted by Crippen LogP contribution is 2.49. The first-order valence-corrected chi connectivity index (χ1v) is 8.39. The molecular weight excluding hydrogens is 319 g/mol. The molecule has 1 aliphatic carbocycles. The Labute approximate surface area is 142 Å². The zero-order chi connectivity index (χ0) is 14.4. The summed E-state index contributed by atoms with van der Waals surface area (Å²) in [5, 5.41) is 4.40. The van der Waals surface area contributed by atoms with E-state index in [1.807, 2.05) is 18.2 Å². The van der Waals surface area contributed by atoms with Gasteiger partial charge in [0, 0.05) is 36.1 Å². The van der Waals surface area contributed by atoms with Gasteiger partial charge in [-0.2, -0.15) is 0 Å². The fraction of sp³-hybridized carbons (Fsp3) is 0.588. The monoisotopic (exact) mass is 340 g/mol. The average molecular weight is 341 g/mol. The van der Waals surface area contributed by atoms with Crippen LogP contribution in [0.25, 0.3) is 0 Å². The van der Waals surface area contributed by atoms with Crippen molar-refractivity contribution in [3.05, 3.63) is 34.9 Å². The van der Waals surface area contributed by atoms with Crippen molar-refractivity contribution in [2.24, 2.45) is 5.92 Å². The van der Waals surface area contributed by atoms with Crippen LogP contribution in [-0.4, -0.2) is 36.0 Å². The minimum Gasteiger partial charge on any atom is -0.341 e. The number of nitrogens with one attached hydrogen (secondary N) is 1. The molecule has 1 aromatic rings. The molecule has 1 N–H and O–H groups in total. The topological polar surface area (TPSA) is 32.3 Å². The molecule has 1 aromatic carbocycles. The van der Waals surface area contributed by atoms with Gasteiger partial charge in [0.15, 0.2) is 0 Å². The first kappa shape index (κ1) is 16.1. The molecule has 120 valence electrons. The molecule has 2 heterocycles. The van der Waals surface area contributed by atoms with E-state index in [4.69, 9.17) is 11.6 Å². The lowest BCUT2D eigenvalue weighted by molar-refractivity contribution is -0.132. The van der Waals surface area contributed by atoms with Crippen molar-refractivity contribution in [3.63, 3.8) is 0 Å². The fourth-order valence-electron chi connectivity index (χ4n) is 3.95. The molecule has 3 nitrogen and oxygen atoms in total. The Morgan fingerprint density at radius 1 is 1.23 bits per heavy atom. The normalized spacial score (nSPS) is 33.0. The molecule has 0 spiro atoms. The maximum absolute atomic E-state index is 12.7. The highest BCUT2D eigenvalue weighted by Gasteiger charge is 2.46. The zero-order valence-corrected chi connectivity index (χ0v) is 14.1. The third-order valence-electron chi connectivity index (χ3n) is 5.22. The summed E-state index contributed by atoms with van der Waals surface area (Å²) in [6, 6.07) is 9.12. The third kappa shape index (κ3) is 3.12. The summed E-state index contributed by atoms with van der Waals surface area (Å²) in [5.74, 6) is 0.916. The van der Waals surface area contributed by atoms with E-state index in [9.17, 15) is 4.79 Å². The van der Waals surface area contributed by atoms with Crippen LogP contribution in [0.3, 0.4) is 0 Å². The molecule has 2 bridgehead atoms. The average Bonchev–Trinajstić information content (AvgIpc) is 3.18. The van der Waals surface area contributed by atoms with Gasteiger partial charge in [-0.3, -0.25) is 4.79 Å². The fourth-order valence-corrected chi connectivity index (χ4v) is 4.15.